The van der Waals surface area contributed by atoms with E-state index in [2.05, 4.69) is 17.6 Å². The maximum atomic E-state index is 5.97. The molecular formula is C9H7ClN2S. The van der Waals surface area contributed by atoms with Gasteiger partial charge in [0, 0.05) is 12.4 Å². The Morgan fingerprint density at radius 2 is 2.15 bits per heavy atom. The van der Waals surface area contributed by atoms with Crippen LogP contribution in [0.25, 0.3) is 5.82 Å². The van der Waals surface area contributed by atoms with Crippen LogP contribution < -0.4 is 0 Å². The molecule has 0 radical (unpaired) electrons. The van der Waals surface area contributed by atoms with Gasteiger partial charge in [0.15, 0.2) is 5.82 Å². The van der Waals surface area contributed by atoms with Crippen LogP contribution in [0.15, 0.2) is 41.7 Å². The van der Waals surface area contributed by atoms with E-state index in [1.54, 1.807) is 18.3 Å². The Morgan fingerprint density at radius 1 is 1.31 bits per heavy atom. The Bertz CT molecular complexity index is 425. The lowest BCUT2D eigenvalue weighted by atomic mass is 10.4. The number of hydrogen-bond acceptors (Lipinski definition) is 2. The third-order valence-electron chi connectivity index (χ3n) is 1.69. The van der Waals surface area contributed by atoms with E-state index in [9.17, 15) is 0 Å². The van der Waals surface area contributed by atoms with Crippen LogP contribution in [-0.4, -0.2) is 9.55 Å². The highest BCUT2D eigenvalue weighted by molar-refractivity contribution is 7.80. The molecule has 2 nitrogen and oxygen atoms in total. The highest BCUT2D eigenvalue weighted by Crippen LogP contribution is 2.20. The summed E-state index contributed by atoms with van der Waals surface area (Å²) in [5.41, 5.74) is 0. The van der Waals surface area contributed by atoms with Crippen LogP contribution in [0.4, 0.5) is 0 Å². The third-order valence-corrected chi connectivity index (χ3v) is 2.35. The van der Waals surface area contributed by atoms with E-state index in [-0.39, 0.29) is 0 Å². The van der Waals surface area contributed by atoms with Crippen LogP contribution in [-0.2, 0) is 0 Å². The summed E-state index contributed by atoms with van der Waals surface area (Å²) in [4.78, 5) is 4.16. The van der Waals surface area contributed by atoms with Crippen molar-refractivity contribution in [2.45, 2.75) is 5.03 Å². The molecule has 0 amide bonds. The van der Waals surface area contributed by atoms with Crippen molar-refractivity contribution < 1.29 is 0 Å². The Labute approximate surface area is 86.6 Å². The molecule has 2 aromatic rings. The average Bonchev–Trinajstić information content (AvgIpc) is 2.52. The molecule has 0 saturated carbocycles. The second kappa shape index (κ2) is 3.44. The molecule has 0 aromatic carbocycles. The van der Waals surface area contributed by atoms with Crippen molar-refractivity contribution >= 4 is 24.2 Å². The summed E-state index contributed by atoms with van der Waals surface area (Å²) in [6.45, 7) is 0. The minimum absolute atomic E-state index is 0.619. The molecule has 0 bridgehead atoms. The quantitative estimate of drug-likeness (QED) is 0.717. The van der Waals surface area contributed by atoms with Gasteiger partial charge in [0.2, 0.25) is 0 Å². The van der Waals surface area contributed by atoms with Gasteiger partial charge < -0.3 is 0 Å². The van der Waals surface area contributed by atoms with Crippen LogP contribution in [0, 0.1) is 0 Å². The fraction of sp³-hybridized carbons (Fsp3) is 0. The van der Waals surface area contributed by atoms with Gasteiger partial charge in [-0.2, -0.15) is 0 Å². The second-order valence-corrected chi connectivity index (χ2v) is 3.41. The van der Waals surface area contributed by atoms with E-state index in [0.29, 0.717) is 10.8 Å². The highest BCUT2D eigenvalue weighted by Gasteiger charge is 2.04. The van der Waals surface area contributed by atoms with Gasteiger partial charge >= 0.3 is 0 Å². The Kier molecular flexibility index (Phi) is 2.29. The van der Waals surface area contributed by atoms with Crippen molar-refractivity contribution in [1.29, 1.82) is 0 Å². The first-order valence-corrected chi connectivity index (χ1v) is 4.59. The molecule has 0 aliphatic carbocycles. The zero-order valence-electron chi connectivity index (χ0n) is 6.68. The minimum Gasteiger partial charge on any atom is -0.295 e. The molecule has 0 fully saturated rings. The van der Waals surface area contributed by atoms with Gasteiger partial charge in [0.25, 0.3) is 0 Å². The lowest BCUT2D eigenvalue weighted by molar-refractivity contribution is 0.915. The van der Waals surface area contributed by atoms with Crippen LogP contribution in [0.1, 0.15) is 0 Å². The molecule has 2 rings (SSSR count). The van der Waals surface area contributed by atoms with Crippen LogP contribution in [0.3, 0.4) is 0 Å². The van der Waals surface area contributed by atoms with Crippen LogP contribution >= 0.6 is 24.2 Å². The summed E-state index contributed by atoms with van der Waals surface area (Å²) >= 11 is 10.2. The zero-order valence-corrected chi connectivity index (χ0v) is 8.33. The summed E-state index contributed by atoms with van der Waals surface area (Å²) in [5, 5.41) is 1.44. The summed E-state index contributed by atoms with van der Waals surface area (Å²) in [6, 6.07) is 7.38. The van der Waals surface area contributed by atoms with Crippen molar-refractivity contribution in [3.05, 3.63) is 41.7 Å². The molecule has 66 valence electrons. The standard InChI is InChI=1S/C9H7ClN2S/c10-7-3-1-5-11-9(7)12-6-2-4-8(12)13/h1-6,13H. The van der Waals surface area contributed by atoms with Gasteiger partial charge in [-0.3, -0.25) is 4.57 Å². The Hall–Kier alpha value is -0.930. The fourth-order valence-electron chi connectivity index (χ4n) is 1.11. The zero-order chi connectivity index (χ0) is 9.26. The molecule has 0 atom stereocenters. The number of thiol groups is 1. The fourth-order valence-corrected chi connectivity index (χ4v) is 1.57. The van der Waals surface area contributed by atoms with Crippen molar-refractivity contribution in [3.63, 3.8) is 0 Å². The van der Waals surface area contributed by atoms with E-state index >= 15 is 0 Å². The summed E-state index contributed by atoms with van der Waals surface area (Å²) < 4.78 is 1.82. The van der Waals surface area contributed by atoms with Crippen molar-refractivity contribution in [1.82, 2.24) is 9.55 Å². The minimum atomic E-state index is 0.619. The number of halogens is 1. The second-order valence-electron chi connectivity index (χ2n) is 2.55. The van der Waals surface area contributed by atoms with Crippen molar-refractivity contribution in [3.8, 4) is 5.82 Å². The molecule has 2 heterocycles. The number of pyridine rings is 1. The molecule has 2 aromatic heterocycles. The van der Waals surface area contributed by atoms with E-state index in [0.717, 1.165) is 5.03 Å². The first-order chi connectivity index (χ1) is 6.29. The van der Waals surface area contributed by atoms with Gasteiger partial charge in [0.1, 0.15) is 0 Å². The number of hydrogen-bond donors (Lipinski definition) is 1. The van der Waals surface area contributed by atoms with E-state index in [1.165, 1.54) is 0 Å². The van der Waals surface area contributed by atoms with Gasteiger partial charge in [-0.25, -0.2) is 4.98 Å². The molecule has 0 unspecified atom stereocenters. The van der Waals surface area contributed by atoms with E-state index < -0.39 is 0 Å². The maximum absolute atomic E-state index is 5.97. The highest BCUT2D eigenvalue weighted by atomic mass is 35.5. The monoisotopic (exact) mass is 210 g/mol. The van der Waals surface area contributed by atoms with Crippen LogP contribution in [0.5, 0.6) is 0 Å². The predicted octanol–water partition coefficient (Wildman–Crippen LogP) is 2.81. The largest absolute Gasteiger partial charge is 0.295 e. The van der Waals surface area contributed by atoms with Gasteiger partial charge in [0.05, 0.1) is 10.0 Å². The van der Waals surface area contributed by atoms with Gasteiger partial charge in [-0.05, 0) is 24.3 Å². The lowest BCUT2D eigenvalue weighted by Gasteiger charge is -2.05. The normalized spacial score (nSPS) is 10.3. The summed E-state index contributed by atoms with van der Waals surface area (Å²) in [7, 11) is 0. The molecule has 0 aliphatic rings. The smallest absolute Gasteiger partial charge is 0.156 e. The van der Waals surface area contributed by atoms with Gasteiger partial charge in [-0.1, -0.05) is 11.6 Å². The number of aromatic nitrogens is 2. The maximum Gasteiger partial charge on any atom is 0.156 e. The molecular weight excluding hydrogens is 204 g/mol. The Balaban J connectivity index is 2.59. The molecule has 0 N–H and O–H groups in total. The first kappa shape index (κ1) is 8.66. The third kappa shape index (κ3) is 1.57. The first-order valence-electron chi connectivity index (χ1n) is 3.76. The molecule has 4 heteroatoms. The SMILES string of the molecule is Sc1cccn1-c1ncccc1Cl. The lowest BCUT2D eigenvalue weighted by Crippen LogP contribution is -1.96. The predicted molar refractivity (Wildman–Crippen MR) is 55.8 cm³/mol. The number of rotatable bonds is 1. The summed E-state index contributed by atoms with van der Waals surface area (Å²) in [6.07, 6.45) is 3.57. The molecule has 0 saturated heterocycles. The average molecular weight is 211 g/mol. The van der Waals surface area contributed by atoms with E-state index in [4.69, 9.17) is 11.6 Å². The van der Waals surface area contributed by atoms with Gasteiger partial charge in [-0.15, -0.1) is 12.6 Å². The topological polar surface area (TPSA) is 17.8 Å². The molecule has 0 spiro atoms. The number of nitrogens with zero attached hydrogens (tertiary/aromatic N) is 2. The molecule has 13 heavy (non-hydrogen) atoms. The van der Waals surface area contributed by atoms with Crippen molar-refractivity contribution in [2.75, 3.05) is 0 Å². The Morgan fingerprint density at radius 3 is 2.77 bits per heavy atom. The molecule has 0 aliphatic heterocycles. The van der Waals surface area contributed by atoms with Crippen LogP contribution in [0.2, 0.25) is 5.02 Å². The summed E-state index contributed by atoms with van der Waals surface area (Å²) in [5.74, 6) is 0.708. The van der Waals surface area contributed by atoms with Crippen molar-refractivity contribution in [2.24, 2.45) is 0 Å². The van der Waals surface area contributed by atoms with E-state index in [1.807, 2.05) is 22.9 Å².